The van der Waals surface area contributed by atoms with Crippen molar-refractivity contribution >= 4 is 0 Å². The van der Waals surface area contributed by atoms with Gasteiger partial charge in [0, 0.05) is 24.7 Å². The van der Waals surface area contributed by atoms with Gasteiger partial charge in [-0.1, -0.05) is 38.1 Å². The Hall–Kier alpha value is -1.74. The molecule has 0 fully saturated rings. The highest BCUT2D eigenvalue weighted by Crippen LogP contribution is 2.34. The van der Waals surface area contributed by atoms with E-state index in [1.807, 2.05) is 12.3 Å². The summed E-state index contributed by atoms with van der Waals surface area (Å²) in [4.78, 5) is 9.34. The molecule has 1 aliphatic carbocycles. The van der Waals surface area contributed by atoms with Crippen LogP contribution in [0.5, 0.6) is 0 Å². The molecule has 21 heavy (non-hydrogen) atoms. The summed E-state index contributed by atoms with van der Waals surface area (Å²) in [6, 6.07) is 11.2. The third-order valence-electron chi connectivity index (χ3n) is 4.10. The normalized spacial score (nSPS) is 17.8. The predicted octanol–water partition coefficient (Wildman–Crippen LogP) is 3.44. The first-order valence-electron chi connectivity index (χ1n) is 7.87. The van der Waals surface area contributed by atoms with Gasteiger partial charge in [0.1, 0.15) is 5.82 Å². The van der Waals surface area contributed by atoms with Crippen LogP contribution in [-0.2, 0) is 13.0 Å². The number of fused-ring (bicyclic) bond motifs is 1. The van der Waals surface area contributed by atoms with E-state index in [1.165, 1.54) is 24.0 Å². The topological polar surface area (TPSA) is 37.8 Å². The number of rotatable bonds is 4. The van der Waals surface area contributed by atoms with Gasteiger partial charge in [0.15, 0.2) is 0 Å². The Morgan fingerprint density at radius 2 is 2.10 bits per heavy atom. The number of benzene rings is 1. The summed E-state index contributed by atoms with van der Waals surface area (Å²) in [6.07, 6.45) is 5.45. The van der Waals surface area contributed by atoms with Crippen LogP contribution in [0, 0.1) is 0 Å². The average Bonchev–Trinajstić information content (AvgIpc) is 2.52. The number of hydrogen-bond donors (Lipinski definition) is 1. The number of hydrogen-bond acceptors (Lipinski definition) is 3. The summed E-state index contributed by atoms with van der Waals surface area (Å²) in [5.74, 6) is 1.33. The van der Waals surface area contributed by atoms with Crippen LogP contribution >= 0.6 is 0 Å². The van der Waals surface area contributed by atoms with E-state index >= 15 is 0 Å². The summed E-state index contributed by atoms with van der Waals surface area (Å²) in [5, 5.41) is 3.42. The average molecular weight is 281 g/mol. The second-order valence-electron chi connectivity index (χ2n) is 6.09. The molecule has 0 spiro atoms. The summed E-state index contributed by atoms with van der Waals surface area (Å²) >= 11 is 0. The van der Waals surface area contributed by atoms with Gasteiger partial charge in [-0.05, 0) is 36.5 Å². The number of nitrogens with one attached hydrogen (secondary N) is 1. The van der Waals surface area contributed by atoms with E-state index in [2.05, 4.69) is 48.4 Å². The molecule has 0 aliphatic heterocycles. The van der Waals surface area contributed by atoms with Gasteiger partial charge >= 0.3 is 0 Å². The fraction of sp³-hybridized carbons (Fsp3) is 0.444. The smallest absolute Gasteiger partial charge is 0.136 e. The fourth-order valence-electron chi connectivity index (χ4n) is 3.01. The minimum absolute atomic E-state index is 0.356. The van der Waals surface area contributed by atoms with E-state index in [0.29, 0.717) is 12.0 Å². The highest BCUT2D eigenvalue weighted by atomic mass is 14.9. The summed E-state index contributed by atoms with van der Waals surface area (Å²) in [6.45, 7) is 5.11. The third kappa shape index (κ3) is 3.30. The second-order valence-corrected chi connectivity index (χ2v) is 6.09. The van der Waals surface area contributed by atoms with E-state index in [0.717, 1.165) is 24.5 Å². The molecule has 110 valence electrons. The zero-order valence-corrected chi connectivity index (χ0v) is 12.8. The van der Waals surface area contributed by atoms with Gasteiger partial charge in [0.2, 0.25) is 0 Å². The molecule has 1 aliphatic rings. The lowest BCUT2D eigenvalue weighted by Crippen LogP contribution is -2.23. The lowest BCUT2D eigenvalue weighted by Gasteiger charge is -2.24. The molecule has 1 unspecified atom stereocenters. The Labute approximate surface area is 126 Å². The highest BCUT2D eigenvalue weighted by Gasteiger charge is 2.23. The van der Waals surface area contributed by atoms with Gasteiger partial charge in [-0.15, -0.1) is 0 Å². The van der Waals surface area contributed by atoms with Gasteiger partial charge in [-0.3, -0.25) is 0 Å². The molecular weight excluding hydrogens is 258 g/mol. The molecule has 3 nitrogen and oxygen atoms in total. The van der Waals surface area contributed by atoms with Crippen LogP contribution in [0.25, 0.3) is 0 Å². The number of aromatic nitrogens is 2. The van der Waals surface area contributed by atoms with Crippen molar-refractivity contribution < 1.29 is 0 Å². The minimum atomic E-state index is 0.356. The quantitative estimate of drug-likeness (QED) is 0.933. The summed E-state index contributed by atoms with van der Waals surface area (Å²) in [5.41, 5.74) is 3.96. The molecule has 0 saturated carbocycles. The Bertz CT molecular complexity index is 607. The third-order valence-corrected chi connectivity index (χ3v) is 4.10. The van der Waals surface area contributed by atoms with Crippen molar-refractivity contribution in [3.05, 3.63) is 59.2 Å². The maximum atomic E-state index is 4.79. The molecule has 3 heteroatoms. The van der Waals surface area contributed by atoms with E-state index in [-0.39, 0.29) is 0 Å². The van der Waals surface area contributed by atoms with E-state index < -0.39 is 0 Å². The Morgan fingerprint density at radius 3 is 2.95 bits per heavy atom. The van der Waals surface area contributed by atoms with Crippen LogP contribution < -0.4 is 5.32 Å². The fourth-order valence-corrected chi connectivity index (χ4v) is 3.01. The molecule has 1 heterocycles. The van der Waals surface area contributed by atoms with Crippen molar-refractivity contribution in [2.45, 2.75) is 51.6 Å². The van der Waals surface area contributed by atoms with Crippen LogP contribution in [0.2, 0.25) is 0 Å². The van der Waals surface area contributed by atoms with Crippen molar-refractivity contribution in [2.75, 3.05) is 0 Å². The first-order chi connectivity index (χ1) is 10.2. The summed E-state index contributed by atoms with van der Waals surface area (Å²) < 4.78 is 0. The number of aryl methyl sites for hydroxylation is 1. The largest absolute Gasteiger partial charge is 0.309 e. The highest BCUT2D eigenvalue weighted by molar-refractivity contribution is 5.36. The van der Waals surface area contributed by atoms with E-state index in [1.54, 1.807) is 0 Å². The molecule has 0 radical (unpaired) electrons. The molecule has 2 aromatic rings. The van der Waals surface area contributed by atoms with Crippen LogP contribution in [0.4, 0.5) is 0 Å². The number of nitrogens with zero attached hydrogens (tertiary/aromatic N) is 2. The van der Waals surface area contributed by atoms with Crippen LogP contribution in [-0.4, -0.2) is 16.0 Å². The van der Waals surface area contributed by atoms with E-state index in [4.69, 9.17) is 4.98 Å². The molecule has 0 bridgehead atoms. The van der Waals surface area contributed by atoms with Crippen molar-refractivity contribution in [1.29, 1.82) is 0 Å². The Kier molecular flexibility index (Phi) is 4.30. The van der Waals surface area contributed by atoms with Crippen LogP contribution in [0.3, 0.4) is 0 Å². The predicted molar refractivity (Wildman–Crippen MR) is 85.2 cm³/mol. The van der Waals surface area contributed by atoms with Gasteiger partial charge < -0.3 is 5.32 Å². The Morgan fingerprint density at radius 1 is 1.24 bits per heavy atom. The first kappa shape index (κ1) is 14.2. The lowest BCUT2D eigenvalue weighted by molar-refractivity contribution is 0.564. The molecule has 0 amide bonds. The van der Waals surface area contributed by atoms with Gasteiger partial charge in [-0.25, -0.2) is 9.97 Å². The van der Waals surface area contributed by atoms with Gasteiger partial charge in [0.05, 0.1) is 5.69 Å². The zero-order chi connectivity index (χ0) is 14.7. The molecule has 1 aromatic heterocycles. The van der Waals surface area contributed by atoms with Crippen LogP contribution in [0.1, 0.15) is 55.3 Å². The maximum absolute atomic E-state index is 4.79. The molecule has 1 atom stereocenters. The molecule has 3 rings (SSSR count). The monoisotopic (exact) mass is 281 g/mol. The summed E-state index contributed by atoms with van der Waals surface area (Å²) in [7, 11) is 0. The SMILES string of the molecule is CC(C)NCc1ccnc(C2CCCc3ccccc32)n1. The lowest BCUT2D eigenvalue weighted by atomic mass is 9.82. The Balaban J connectivity index is 1.86. The van der Waals surface area contributed by atoms with Crippen molar-refractivity contribution in [1.82, 2.24) is 15.3 Å². The van der Waals surface area contributed by atoms with Gasteiger partial charge in [-0.2, -0.15) is 0 Å². The van der Waals surface area contributed by atoms with Crippen molar-refractivity contribution in [2.24, 2.45) is 0 Å². The molecule has 1 N–H and O–H groups in total. The zero-order valence-electron chi connectivity index (χ0n) is 12.8. The van der Waals surface area contributed by atoms with Gasteiger partial charge in [0.25, 0.3) is 0 Å². The first-order valence-corrected chi connectivity index (χ1v) is 7.87. The van der Waals surface area contributed by atoms with Crippen LogP contribution in [0.15, 0.2) is 36.5 Å². The van der Waals surface area contributed by atoms with Crippen molar-refractivity contribution in [3.63, 3.8) is 0 Å². The second kappa shape index (κ2) is 6.35. The molecule has 0 saturated heterocycles. The van der Waals surface area contributed by atoms with Crippen molar-refractivity contribution in [3.8, 4) is 0 Å². The molecular formula is C18H23N3. The van der Waals surface area contributed by atoms with E-state index in [9.17, 15) is 0 Å². The molecule has 1 aromatic carbocycles. The minimum Gasteiger partial charge on any atom is -0.309 e. The standard InChI is InChI=1S/C18H23N3/c1-13(2)20-12-15-10-11-19-18(21-15)17-9-5-7-14-6-3-4-8-16(14)17/h3-4,6,8,10-11,13,17,20H,5,7,9,12H2,1-2H3. The maximum Gasteiger partial charge on any atom is 0.136 e.